The molecule has 0 aromatic carbocycles. The van der Waals surface area contributed by atoms with Crippen molar-refractivity contribution in [3.05, 3.63) is 11.6 Å². The molecule has 3 fully saturated rings. The molecule has 0 spiro atoms. The molecular weight excluding hydrogens is 216 g/mol. The van der Waals surface area contributed by atoms with Gasteiger partial charge in [0.15, 0.2) is 0 Å². The normalized spacial score (nSPS) is 34.2. The molecule has 0 aromatic rings. The maximum Gasteiger partial charge on any atom is -0.0175 e. The molecule has 102 valence electrons. The van der Waals surface area contributed by atoms with Gasteiger partial charge in [-0.05, 0) is 62.7 Å². The second-order valence-corrected chi connectivity index (χ2v) is 7.04. The van der Waals surface area contributed by atoms with Gasteiger partial charge in [0, 0.05) is 0 Å². The van der Waals surface area contributed by atoms with E-state index in [0.717, 1.165) is 17.8 Å². The van der Waals surface area contributed by atoms with Crippen LogP contribution in [-0.4, -0.2) is 0 Å². The topological polar surface area (TPSA) is 0 Å². The fraction of sp³-hybridized carbons (Fsp3) is 0.889. The summed E-state index contributed by atoms with van der Waals surface area (Å²) in [6.45, 7) is 0. The SMILES string of the molecule is C(=C1CCCC1C1CCCCC1)C1CCCCC1. The third-order valence-electron chi connectivity index (χ3n) is 5.78. The van der Waals surface area contributed by atoms with E-state index in [9.17, 15) is 0 Å². The molecule has 0 heteroatoms. The third kappa shape index (κ3) is 3.00. The van der Waals surface area contributed by atoms with E-state index in [2.05, 4.69) is 6.08 Å². The lowest BCUT2D eigenvalue weighted by atomic mass is 9.76. The average Bonchev–Trinajstić information content (AvgIpc) is 2.89. The van der Waals surface area contributed by atoms with Crippen molar-refractivity contribution in [2.24, 2.45) is 17.8 Å². The summed E-state index contributed by atoms with van der Waals surface area (Å²) in [5.41, 5.74) is 1.90. The highest BCUT2D eigenvalue weighted by molar-refractivity contribution is 5.14. The molecule has 3 saturated carbocycles. The van der Waals surface area contributed by atoms with Crippen LogP contribution in [0.5, 0.6) is 0 Å². The van der Waals surface area contributed by atoms with Crippen LogP contribution in [0.25, 0.3) is 0 Å². The van der Waals surface area contributed by atoms with Crippen molar-refractivity contribution in [3.63, 3.8) is 0 Å². The Morgan fingerprint density at radius 1 is 0.667 bits per heavy atom. The van der Waals surface area contributed by atoms with Crippen LogP contribution in [0.3, 0.4) is 0 Å². The van der Waals surface area contributed by atoms with E-state index in [0.29, 0.717) is 0 Å². The summed E-state index contributed by atoms with van der Waals surface area (Å²) >= 11 is 0. The Bertz CT molecular complexity index is 276. The van der Waals surface area contributed by atoms with Crippen LogP contribution in [0.15, 0.2) is 11.6 Å². The molecule has 1 atom stereocenters. The van der Waals surface area contributed by atoms with Crippen LogP contribution in [0.4, 0.5) is 0 Å². The van der Waals surface area contributed by atoms with Gasteiger partial charge in [-0.1, -0.05) is 50.2 Å². The first-order valence-electron chi connectivity index (χ1n) is 8.64. The molecule has 0 bridgehead atoms. The summed E-state index contributed by atoms with van der Waals surface area (Å²) in [4.78, 5) is 0. The van der Waals surface area contributed by atoms with E-state index < -0.39 is 0 Å². The molecule has 0 aromatic heterocycles. The second-order valence-electron chi connectivity index (χ2n) is 7.04. The minimum Gasteiger partial charge on any atom is -0.0819 e. The number of hydrogen-bond acceptors (Lipinski definition) is 0. The standard InChI is InChI=1S/C18H30/c1-3-8-15(9-4-1)14-17-12-7-13-18(17)16-10-5-2-6-11-16/h14-16,18H,1-13H2. The van der Waals surface area contributed by atoms with Crippen molar-refractivity contribution in [2.75, 3.05) is 0 Å². The van der Waals surface area contributed by atoms with Crippen molar-refractivity contribution >= 4 is 0 Å². The summed E-state index contributed by atoms with van der Waals surface area (Å²) in [6, 6.07) is 0. The number of allylic oxidation sites excluding steroid dienone is 2. The summed E-state index contributed by atoms with van der Waals surface area (Å²) in [6.07, 6.45) is 22.2. The molecule has 0 radical (unpaired) electrons. The smallest absolute Gasteiger partial charge is 0.0175 e. The van der Waals surface area contributed by atoms with Gasteiger partial charge in [0.05, 0.1) is 0 Å². The molecule has 0 heterocycles. The number of hydrogen-bond donors (Lipinski definition) is 0. The van der Waals surface area contributed by atoms with Crippen LogP contribution in [0.2, 0.25) is 0 Å². The fourth-order valence-electron chi connectivity index (χ4n) is 4.78. The Morgan fingerprint density at radius 2 is 1.33 bits per heavy atom. The Kier molecular flexibility index (Phi) is 4.44. The molecule has 0 nitrogen and oxygen atoms in total. The fourth-order valence-corrected chi connectivity index (χ4v) is 4.78. The molecule has 0 N–H and O–H groups in total. The van der Waals surface area contributed by atoms with Crippen LogP contribution in [-0.2, 0) is 0 Å². The quantitative estimate of drug-likeness (QED) is 0.534. The molecule has 3 aliphatic carbocycles. The third-order valence-corrected chi connectivity index (χ3v) is 5.78. The number of rotatable bonds is 2. The molecule has 1 unspecified atom stereocenters. The van der Waals surface area contributed by atoms with Gasteiger partial charge in [0.2, 0.25) is 0 Å². The van der Waals surface area contributed by atoms with E-state index in [4.69, 9.17) is 0 Å². The highest BCUT2D eigenvalue weighted by atomic mass is 14.4. The van der Waals surface area contributed by atoms with Crippen molar-refractivity contribution in [3.8, 4) is 0 Å². The first-order valence-corrected chi connectivity index (χ1v) is 8.64. The second kappa shape index (κ2) is 6.26. The van der Waals surface area contributed by atoms with Gasteiger partial charge in [-0.3, -0.25) is 0 Å². The molecular formula is C18H30. The van der Waals surface area contributed by atoms with Crippen LogP contribution >= 0.6 is 0 Å². The highest BCUT2D eigenvalue weighted by Gasteiger charge is 2.30. The van der Waals surface area contributed by atoms with Crippen molar-refractivity contribution in [1.29, 1.82) is 0 Å². The zero-order valence-corrected chi connectivity index (χ0v) is 12.0. The Balaban J connectivity index is 1.63. The van der Waals surface area contributed by atoms with Crippen LogP contribution < -0.4 is 0 Å². The van der Waals surface area contributed by atoms with Gasteiger partial charge in [-0.25, -0.2) is 0 Å². The van der Waals surface area contributed by atoms with Gasteiger partial charge in [-0.2, -0.15) is 0 Å². The van der Waals surface area contributed by atoms with Gasteiger partial charge < -0.3 is 0 Å². The zero-order valence-electron chi connectivity index (χ0n) is 12.0. The summed E-state index contributed by atoms with van der Waals surface area (Å²) in [5, 5.41) is 0. The van der Waals surface area contributed by atoms with Gasteiger partial charge in [0.1, 0.15) is 0 Å². The molecule has 0 amide bonds. The Morgan fingerprint density at radius 3 is 2.06 bits per heavy atom. The van der Waals surface area contributed by atoms with Gasteiger partial charge in [-0.15, -0.1) is 0 Å². The van der Waals surface area contributed by atoms with Gasteiger partial charge in [0.25, 0.3) is 0 Å². The lowest BCUT2D eigenvalue weighted by Crippen LogP contribution is -2.17. The van der Waals surface area contributed by atoms with E-state index >= 15 is 0 Å². The Labute approximate surface area is 113 Å². The van der Waals surface area contributed by atoms with E-state index in [1.807, 2.05) is 5.57 Å². The van der Waals surface area contributed by atoms with Gasteiger partial charge >= 0.3 is 0 Å². The van der Waals surface area contributed by atoms with Crippen molar-refractivity contribution in [2.45, 2.75) is 83.5 Å². The monoisotopic (exact) mass is 246 g/mol. The predicted molar refractivity (Wildman–Crippen MR) is 78.6 cm³/mol. The van der Waals surface area contributed by atoms with Crippen molar-refractivity contribution < 1.29 is 0 Å². The average molecular weight is 246 g/mol. The molecule has 3 aliphatic rings. The lowest BCUT2D eigenvalue weighted by Gasteiger charge is -2.29. The van der Waals surface area contributed by atoms with E-state index in [1.165, 1.54) is 83.5 Å². The summed E-state index contributed by atoms with van der Waals surface area (Å²) < 4.78 is 0. The van der Waals surface area contributed by atoms with Crippen LogP contribution in [0, 0.1) is 17.8 Å². The first kappa shape index (κ1) is 12.8. The molecule has 0 saturated heterocycles. The summed E-state index contributed by atoms with van der Waals surface area (Å²) in [7, 11) is 0. The van der Waals surface area contributed by atoms with Crippen LogP contribution in [0.1, 0.15) is 83.5 Å². The molecule has 0 aliphatic heterocycles. The minimum atomic E-state index is 0.956. The molecule has 18 heavy (non-hydrogen) atoms. The highest BCUT2D eigenvalue weighted by Crippen LogP contribution is 2.43. The maximum absolute atomic E-state index is 2.76. The molecule has 3 rings (SSSR count). The predicted octanol–water partition coefficient (Wildman–Crippen LogP) is 5.87. The zero-order chi connectivity index (χ0) is 12.2. The van der Waals surface area contributed by atoms with Crippen molar-refractivity contribution in [1.82, 2.24) is 0 Å². The largest absolute Gasteiger partial charge is 0.0819 e. The van der Waals surface area contributed by atoms with E-state index in [-0.39, 0.29) is 0 Å². The summed E-state index contributed by atoms with van der Waals surface area (Å²) in [5.74, 6) is 3.03. The first-order chi connectivity index (χ1) is 8.93. The minimum absolute atomic E-state index is 0.956. The van der Waals surface area contributed by atoms with E-state index in [1.54, 1.807) is 0 Å². The lowest BCUT2D eigenvalue weighted by molar-refractivity contribution is 0.278. The maximum atomic E-state index is 2.76. The Hall–Kier alpha value is -0.260.